The van der Waals surface area contributed by atoms with Crippen LogP contribution in [-0.2, 0) is 0 Å². The summed E-state index contributed by atoms with van der Waals surface area (Å²) in [4.78, 5) is 14.1. The second-order valence-electron chi connectivity index (χ2n) is 4.58. The van der Waals surface area contributed by atoms with Gasteiger partial charge in [0.2, 0.25) is 9.47 Å². The first-order chi connectivity index (χ1) is 8.15. The standard InChI is InChI=1S/C10H12ClN3O2S/c11-10-13-12-8(17-10)9(16)14-5-1-2-6(14)4-7(15)3-5/h5-7,15H,1-4H2. The van der Waals surface area contributed by atoms with Gasteiger partial charge >= 0.3 is 0 Å². The summed E-state index contributed by atoms with van der Waals surface area (Å²) in [6.45, 7) is 0. The SMILES string of the molecule is O=C(c1nnc(Cl)s1)N1C2CCC1CC(O)C2. The molecule has 1 N–H and O–H groups in total. The van der Waals surface area contributed by atoms with Crippen LogP contribution < -0.4 is 0 Å². The number of halogens is 1. The van der Waals surface area contributed by atoms with E-state index < -0.39 is 0 Å². The first kappa shape index (κ1) is 11.4. The Hall–Kier alpha value is -0.720. The molecule has 7 heteroatoms. The molecule has 2 aliphatic heterocycles. The van der Waals surface area contributed by atoms with Gasteiger partial charge in [0, 0.05) is 12.1 Å². The Morgan fingerprint density at radius 2 is 2.00 bits per heavy atom. The van der Waals surface area contributed by atoms with E-state index in [0.29, 0.717) is 17.8 Å². The molecule has 0 saturated carbocycles. The topological polar surface area (TPSA) is 66.3 Å². The average molecular weight is 274 g/mol. The van der Waals surface area contributed by atoms with E-state index in [9.17, 15) is 9.90 Å². The third kappa shape index (κ3) is 1.94. The average Bonchev–Trinajstić information content (AvgIpc) is 2.81. The van der Waals surface area contributed by atoms with E-state index in [0.717, 1.165) is 24.2 Å². The zero-order valence-corrected chi connectivity index (χ0v) is 10.6. The molecule has 0 spiro atoms. The zero-order valence-electron chi connectivity index (χ0n) is 9.04. The van der Waals surface area contributed by atoms with Crippen molar-refractivity contribution in [3.63, 3.8) is 0 Å². The van der Waals surface area contributed by atoms with Crippen LogP contribution in [0, 0.1) is 0 Å². The molecule has 5 nitrogen and oxygen atoms in total. The van der Waals surface area contributed by atoms with E-state index in [-0.39, 0.29) is 28.6 Å². The number of amides is 1. The summed E-state index contributed by atoms with van der Waals surface area (Å²) in [5, 5.41) is 17.5. The van der Waals surface area contributed by atoms with E-state index in [4.69, 9.17) is 11.6 Å². The van der Waals surface area contributed by atoms with E-state index in [2.05, 4.69) is 10.2 Å². The number of fused-ring (bicyclic) bond motifs is 2. The minimum atomic E-state index is -0.269. The van der Waals surface area contributed by atoms with E-state index in [1.165, 1.54) is 0 Å². The number of carbonyl (C=O) groups excluding carboxylic acids is 1. The molecule has 0 aromatic carbocycles. The van der Waals surface area contributed by atoms with Crippen LogP contribution in [0.3, 0.4) is 0 Å². The molecule has 2 bridgehead atoms. The third-order valence-electron chi connectivity index (χ3n) is 3.53. The fourth-order valence-corrected chi connectivity index (χ4v) is 3.65. The lowest BCUT2D eigenvalue weighted by Gasteiger charge is -2.36. The Morgan fingerprint density at radius 3 is 2.53 bits per heavy atom. The van der Waals surface area contributed by atoms with Gasteiger partial charge in [0.25, 0.3) is 5.91 Å². The number of aliphatic hydroxyl groups excluding tert-OH is 1. The van der Waals surface area contributed by atoms with Gasteiger partial charge in [-0.05, 0) is 37.3 Å². The predicted octanol–water partition coefficient (Wildman–Crippen LogP) is 1.32. The molecule has 3 heterocycles. The monoisotopic (exact) mass is 273 g/mol. The number of piperidine rings is 1. The quantitative estimate of drug-likeness (QED) is 0.838. The Bertz CT molecular complexity index is 439. The van der Waals surface area contributed by atoms with Crippen molar-refractivity contribution in [3.05, 3.63) is 9.47 Å². The minimum Gasteiger partial charge on any atom is -0.393 e. The molecule has 17 heavy (non-hydrogen) atoms. The number of aromatic nitrogens is 2. The molecule has 92 valence electrons. The highest BCUT2D eigenvalue weighted by Gasteiger charge is 2.43. The highest BCUT2D eigenvalue weighted by Crippen LogP contribution is 2.37. The van der Waals surface area contributed by atoms with Crippen molar-refractivity contribution < 1.29 is 9.90 Å². The summed E-state index contributed by atoms with van der Waals surface area (Å²) >= 11 is 6.80. The molecule has 1 aromatic heterocycles. The number of rotatable bonds is 1. The van der Waals surface area contributed by atoms with Crippen molar-refractivity contribution in [1.29, 1.82) is 0 Å². The van der Waals surface area contributed by atoms with Gasteiger partial charge in [-0.1, -0.05) is 11.3 Å². The smallest absolute Gasteiger partial charge is 0.285 e. The van der Waals surface area contributed by atoms with Crippen molar-refractivity contribution >= 4 is 28.8 Å². The number of aliphatic hydroxyl groups is 1. The minimum absolute atomic E-state index is 0.0891. The number of nitrogens with zero attached hydrogens (tertiary/aromatic N) is 3. The Morgan fingerprint density at radius 1 is 1.35 bits per heavy atom. The maximum Gasteiger partial charge on any atom is 0.285 e. The van der Waals surface area contributed by atoms with Gasteiger partial charge in [-0.3, -0.25) is 4.79 Å². The summed E-state index contributed by atoms with van der Waals surface area (Å²) < 4.78 is 0.290. The lowest BCUT2D eigenvalue weighted by atomic mass is 10.00. The molecule has 2 saturated heterocycles. The molecule has 1 amide bonds. The third-order valence-corrected chi connectivity index (χ3v) is 4.53. The van der Waals surface area contributed by atoms with E-state index in [1.54, 1.807) is 0 Å². The van der Waals surface area contributed by atoms with Crippen LogP contribution in [0.15, 0.2) is 0 Å². The predicted molar refractivity (Wildman–Crippen MR) is 63.1 cm³/mol. The number of carbonyl (C=O) groups is 1. The molecular weight excluding hydrogens is 262 g/mol. The van der Waals surface area contributed by atoms with Crippen LogP contribution in [0.5, 0.6) is 0 Å². The van der Waals surface area contributed by atoms with Gasteiger partial charge in [0.15, 0.2) is 0 Å². The van der Waals surface area contributed by atoms with Gasteiger partial charge < -0.3 is 10.0 Å². The van der Waals surface area contributed by atoms with Crippen molar-refractivity contribution in [2.45, 2.75) is 43.9 Å². The van der Waals surface area contributed by atoms with Crippen LogP contribution in [0.4, 0.5) is 0 Å². The summed E-state index contributed by atoms with van der Waals surface area (Å²) in [5.74, 6) is -0.0891. The summed E-state index contributed by atoms with van der Waals surface area (Å²) in [6.07, 6.45) is 3.03. The van der Waals surface area contributed by atoms with Gasteiger partial charge in [-0.2, -0.15) is 0 Å². The lowest BCUT2D eigenvalue weighted by Crippen LogP contribution is -2.48. The molecule has 1 aromatic rings. The Balaban J connectivity index is 1.83. The molecule has 0 aliphatic carbocycles. The summed E-state index contributed by atoms with van der Waals surface area (Å²) in [6, 6.07) is 0.304. The van der Waals surface area contributed by atoms with Crippen LogP contribution in [0.25, 0.3) is 0 Å². The van der Waals surface area contributed by atoms with Crippen molar-refractivity contribution in [1.82, 2.24) is 15.1 Å². The molecule has 2 fully saturated rings. The second-order valence-corrected chi connectivity index (χ2v) is 6.14. The fraction of sp³-hybridized carbons (Fsp3) is 0.700. The molecular formula is C10H12ClN3O2S. The molecule has 3 rings (SSSR count). The van der Waals surface area contributed by atoms with Crippen LogP contribution >= 0.6 is 22.9 Å². The Labute approximate surface area is 107 Å². The van der Waals surface area contributed by atoms with Crippen molar-refractivity contribution in [2.24, 2.45) is 0 Å². The molecule has 2 atom stereocenters. The second kappa shape index (κ2) is 4.19. The zero-order chi connectivity index (χ0) is 12.0. The van der Waals surface area contributed by atoms with Crippen LogP contribution in [0.1, 0.15) is 35.5 Å². The summed E-state index contributed by atoms with van der Waals surface area (Å²) in [7, 11) is 0. The highest BCUT2D eigenvalue weighted by molar-refractivity contribution is 7.17. The van der Waals surface area contributed by atoms with E-state index >= 15 is 0 Å². The maximum atomic E-state index is 12.3. The van der Waals surface area contributed by atoms with Crippen LogP contribution in [0.2, 0.25) is 4.47 Å². The van der Waals surface area contributed by atoms with Crippen molar-refractivity contribution in [3.8, 4) is 0 Å². The molecule has 2 unspecified atom stereocenters. The first-order valence-electron chi connectivity index (χ1n) is 5.65. The maximum absolute atomic E-state index is 12.3. The highest BCUT2D eigenvalue weighted by atomic mass is 35.5. The lowest BCUT2D eigenvalue weighted by molar-refractivity contribution is 0.0286. The Kier molecular flexibility index (Phi) is 2.80. The van der Waals surface area contributed by atoms with Gasteiger partial charge in [-0.25, -0.2) is 0 Å². The fourth-order valence-electron chi connectivity index (χ4n) is 2.88. The largest absolute Gasteiger partial charge is 0.393 e. The van der Waals surface area contributed by atoms with Gasteiger partial charge in [0.05, 0.1) is 6.10 Å². The van der Waals surface area contributed by atoms with Crippen molar-refractivity contribution in [2.75, 3.05) is 0 Å². The normalized spacial score (nSPS) is 31.9. The first-order valence-corrected chi connectivity index (χ1v) is 6.84. The summed E-state index contributed by atoms with van der Waals surface area (Å²) in [5.41, 5.74) is 0. The van der Waals surface area contributed by atoms with E-state index in [1.807, 2.05) is 4.90 Å². The van der Waals surface area contributed by atoms with Crippen LogP contribution in [-0.4, -0.2) is 44.3 Å². The molecule has 2 aliphatic rings. The number of hydrogen-bond donors (Lipinski definition) is 1. The van der Waals surface area contributed by atoms with Gasteiger partial charge in [0.1, 0.15) is 0 Å². The molecule has 0 radical (unpaired) electrons. The number of hydrogen-bond acceptors (Lipinski definition) is 5. The van der Waals surface area contributed by atoms with Gasteiger partial charge in [-0.15, -0.1) is 10.2 Å².